The van der Waals surface area contributed by atoms with Crippen LogP contribution < -0.4 is 4.74 Å². The van der Waals surface area contributed by atoms with Gasteiger partial charge in [-0.05, 0) is 48.9 Å². The summed E-state index contributed by atoms with van der Waals surface area (Å²) >= 11 is 7.71. The van der Waals surface area contributed by atoms with Crippen LogP contribution in [0.3, 0.4) is 0 Å². The van der Waals surface area contributed by atoms with Crippen LogP contribution in [0.5, 0.6) is 5.75 Å². The van der Waals surface area contributed by atoms with Gasteiger partial charge in [-0.15, -0.1) is 10.2 Å². The molecule has 2 heterocycles. The highest BCUT2D eigenvalue weighted by Crippen LogP contribution is 2.31. The van der Waals surface area contributed by atoms with E-state index < -0.39 is 0 Å². The Morgan fingerprint density at radius 3 is 2.65 bits per heavy atom. The summed E-state index contributed by atoms with van der Waals surface area (Å²) in [5, 5.41) is 10.0. The molecule has 0 saturated carbocycles. The van der Waals surface area contributed by atoms with Gasteiger partial charge < -0.3 is 4.74 Å². The van der Waals surface area contributed by atoms with E-state index in [2.05, 4.69) is 15.2 Å². The fourth-order valence-electron chi connectivity index (χ4n) is 3.12. The predicted molar refractivity (Wildman–Crippen MR) is 122 cm³/mol. The summed E-state index contributed by atoms with van der Waals surface area (Å²) in [4.78, 5) is 16.8. The summed E-state index contributed by atoms with van der Waals surface area (Å²) in [6.45, 7) is 1.95. The minimum absolute atomic E-state index is 0.0215. The number of halogens is 1. The topological polar surface area (TPSA) is 69.9 Å². The number of hydrogen-bond donors (Lipinski definition) is 0. The maximum atomic E-state index is 12.8. The van der Waals surface area contributed by atoms with E-state index in [4.69, 9.17) is 16.3 Å². The second-order valence-electron chi connectivity index (χ2n) is 6.71. The van der Waals surface area contributed by atoms with Crippen LogP contribution in [-0.4, -0.2) is 38.4 Å². The van der Waals surface area contributed by atoms with Gasteiger partial charge in [0, 0.05) is 28.5 Å². The third kappa shape index (κ3) is 4.47. The highest BCUT2D eigenvalue weighted by molar-refractivity contribution is 7.99. The largest absolute Gasteiger partial charge is 0.497 e. The Morgan fingerprint density at radius 2 is 1.87 bits per heavy atom. The second kappa shape index (κ2) is 9.32. The molecule has 6 nitrogen and oxygen atoms in total. The number of carbonyl (C=O) groups excluding carboxylic acids is 1. The van der Waals surface area contributed by atoms with Crippen molar-refractivity contribution in [2.75, 3.05) is 12.9 Å². The zero-order valence-electron chi connectivity index (χ0n) is 16.9. The molecule has 0 aliphatic rings. The molecule has 2 aromatic carbocycles. The maximum absolute atomic E-state index is 12.8. The van der Waals surface area contributed by atoms with Crippen LogP contribution >= 0.6 is 23.4 Å². The summed E-state index contributed by atoms with van der Waals surface area (Å²) in [5.74, 6) is 1.49. The number of ketones is 1. The fraction of sp³-hybridized carbons (Fsp3) is 0.130. The van der Waals surface area contributed by atoms with Gasteiger partial charge in [0.2, 0.25) is 0 Å². The Bertz CT molecular complexity index is 1230. The zero-order chi connectivity index (χ0) is 21.8. The SMILES string of the molecule is COc1cccc(C(=O)CSc2nnc(-c3ccncc3)n2-c2cccc(Cl)c2C)c1. The molecule has 4 rings (SSSR count). The number of benzene rings is 2. The van der Waals surface area contributed by atoms with E-state index in [1.54, 1.807) is 37.7 Å². The zero-order valence-corrected chi connectivity index (χ0v) is 18.5. The first-order valence-corrected chi connectivity index (χ1v) is 10.9. The van der Waals surface area contributed by atoms with E-state index in [9.17, 15) is 4.79 Å². The summed E-state index contributed by atoms with van der Waals surface area (Å²) in [6, 6.07) is 16.6. The molecule has 4 aromatic rings. The van der Waals surface area contributed by atoms with Crippen LogP contribution in [0.25, 0.3) is 17.1 Å². The molecule has 0 aliphatic carbocycles. The van der Waals surface area contributed by atoms with E-state index in [1.165, 1.54) is 11.8 Å². The highest BCUT2D eigenvalue weighted by Gasteiger charge is 2.19. The van der Waals surface area contributed by atoms with Crippen LogP contribution in [0.2, 0.25) is 5.02 Å². The number of hydrogen-bond acceptors (Lipinski definition) is 6. The van der Waals surface area contributed by atoms with Crippen molar-refractivity contribution >= 4 is 29.1 Å². The number of carbonyl (C=O) groups is 1. The number of Topliss-reactive ketones (excluding diaryl/α,β-unsaturated/α-hetero) is 1. The minimum Gasteiger partial charge on any atom is -0.497 e. The standard InChI is InChI=1S/C23H19ClN4O2S/c1-15-19(24)7-4-8-20(15)28-22(16-9-11-25-12-10-16)26-27-23(28)31-14-21(29)17-5-3-6-18(13-17)30-2/h3-13H,14H2,1-2H3. The van der Waals surface area contributed by atoms with Crippen LogP contribution in [0.15, 0.2) is 72.1 Å². The summed E-state index contributed by atoms with van der Waals surface area (Å²) in [7, 11) is 1.58. The monoisotopic (exact) mass is 450 g/mol. The van der Waals surface area contributed by atoms with E-state index in [1.807, 2.05) is 47.9 Å². The molecule has 0 unspecified atom stereocenters. The first-order chi connectivity index (χ1) is 15.1. The van der Waals surface area contributed by atoms with Crippen molar-refractivity contribution in [2.45, 2.75) is 12.1 Å². The van der Waals surface area contributed by atoms with E-state index in [0.29, 0.717) is 27.3 Å². The van der Waals surface area contributed by atoms with Crippen molar-refractivity contribution in [2.24, 2.45) is 0 Å². The van der Waals surface area contributed by atoms with Gasteiger partial charge in [-0.25, -0.2) is 0 Å². The van der Waals surface area contributed by atoms with Gasteiger partial charge in [-0.2, -0.15) is 0 Å². The lowest BCUT2D eigenvalue weighted by atomic mass is 10.1. The molecular formula is C23H19ClN4O2S. The molecule has 31 heavy (non-hydrogen) atoms. The third-order valence-corrected chi connectivity index (χ3v) is 6.11. The summed E-state index contributed by atoms with van der Waals surface area (Å²) in [6.07, 6.45) is 3.41. The number of ether oxygens (including phenoxy) is 1. The molecule has 0 bridgehead atoms. The smallest absolute Gasteiger partial charge is 0.196 e. The Labute approximate surface area is 189 Å². The van der Waals surface area contributed by atoms with Crippen LogP contribution in [-0.2, 0) is 0 Å². The second-order valence-corrected chi connectivity index (χ2v) is 8.05. The Morgan fingerprint density at radius 1 is 1.10 bits per heavy atom. The first-order valence-electron chi connectivity index (χ1n) is 9.50. The number of thioether (sulfide) groups is 1. The molecule has 0 saturated heterocycles. The quantitative estimate of drug-likeness (QED) is 0.282. The van der Waals surface area contributed by atoms with Crippen molar-refractivity contribution in [3.05, 3.63) is 83.1 Å². The maximum Gasteiger partial charge on any atom is 0.196 e. The van der Waals surface area contributed by atoms with Gasteiger partial charge in [0.1, 0.15) is 5.75 Å². The molecule has 0 N–H and O–H groups in total. The number of rotatable bonds is 7. The van der Waals surface area contributed by atoms with E-state index in [-0.39, 0.29) is 11.5 Å². The molecular weight excluding hydrogens is 432 g/mol. The molecule has 0 amide bonds. The van der Waals surface area contributed by atoms with Crippen molar-refractivity contribution in [3.63, 3.8) is 0 Å². The van der Waals surface area contributed by atoms with Crippen molar-refractivity contribution in [1.29, 1.82) is 0 Å². The Hall–Kier alpha value is -3.16. The highest BCUT2D eigenvalue weighted by atomic mass is 35.5. The summed E-state index contributed by atoms with van der Waals surface area (Å²) in [5.41, 5.74) is 3.22. The van der Waals surface area contributed by atoms with Gasteiger partial charge >= 0.3 is 0 Å². The predicted octanol–water partition coefficient (Wildman–Crippen LogP) is 5.27. The average Bonchev–Trinajstić information content (AvgIpc) is 3.23. The van der Waals surface area contributed by atoms with Crippen LogP contribution in [0, 0.1) is 6.92 Å². The van der Waals surface area contributed by atoms with Crippen LogP contribution in [0.1, 0.15) is 15.9 Å². The third-order valence-electron chi connectivity index (χ3n) is 4.78. The van der Waals surface area contributed by atoms with Gasteiger partial charge in [-0.3, -0.25) is 14.3 Å². The normalized spacial score (nSPS) is 10.8. The Balaban J connectivity index is 1.70. The first kappa shape index (κ1) is 21.1. The number of aromatic nitrogens is 4. The summed E-state index contributed by atoms with van der Waals surface area (Å²) < 4.78 is 7.15. The van der Waals surface area contributed by atoms with Gasteiger partial charge in [0.05, 0.1) is 18.6 Å². The van der Waals surface area contributed by atoms with Crippen molar-refractivity contribution in [1.82, 2.24) is 19.7 Å². The van der Waals surface area contributed by atoms with E-state index >= 15 is 0 Å². The van der Waals surface area contributed by atoms with Crippen LogP contribution in [0.4, 0.5) is 0 Å². The molecule has 156 valence electrons. The molecule has 0 spiro atoms. The minimum atomic E-state index is -0.0215. The number of methoxy groups -OCH3 is 1. The molecule has 2 aromatic heterocycles. The Kier molecular flexibility index (Phi) is 6.34. The molecule has 0 radical (unpaired) electrons. The lowest BCUT2D eigenvalue weighted by Gasteiger charge is -2.13. The number of nitrogens with zero attached hydrogens (tertiary/aromatic N) is 4. The van der Waals surface area contributed by atoms with Gasteiger partial charge in [0.15, 0.2) is 16.8 Å². The molecule has 0 fully saturated rings. The van der Waals surface area contributed by atoms with Gasteiger partial charge in [-0.1, -0.05) is 41.6 Å². The average molecular weight is 451 g/mol. The fourth-order valence-corrected chi connectivity index (χ4v) is 4.13. The number of pyridine rings is 1. The molecule has 0 atom stereocenters. The molecule has 0 aliphatic heterocycles. The lowest BCUT2D eigenvalue weighted by molar-refractivity contribution is 0.102. The van der Waals surface area contributed by atoms with Crippen molar-refractivity contribution in [3.8, 4) is 22.8 Å². The van der Waals surface area contributed by atoms with Gasteiger partial charge in [0.25, 0.3) is 0 Å². The molecule has 8 heteroatoms. The van der Waals surface area contributed by atoms with Crippen molar-refractivity contribution < 1.29 is 9.53 Å². The van der Waals surface area contributed by atoms with E-state index in [0.717, 1.165) is 16.8 Å². The lowest BCUT2D eigenvalue weighted by Crippen LogP contribution is -2.06.